The summed E-state index contributed by atoms with van der Waals surface area (Å²) in [6.45, 7) is 6.12. The molecule has 14 heteroatoms. The lowest BCUT2D eigenvalue weighted by Gasteiger charge is -2.55. The first-order valence-corrected chi connectivity index (χ1v) is 20.2. The predicted molar refractivity (Wildman–Crippen MR) is 208 cm³/mol. The van der Waals surface area contributed by atoms with Crippen molar-refractivity contribution in [3.05, 3.63) is 76.9 Å². The van der Waals surface area contributed by atoms with Crippen LogP contribution in [0.4, 0.5) is 25.8 Å². The summed E-state index contributed by atoms with van der Waals surface area (Å²) in [6, 6.07) is 12.1. The molecule has 1 saturated carbocycles. The van der Waals surface area contributed by atoms with Crippen LogP contribution >= 0.6 is 0 Å². The fourth-order valence-electron chi connectivity index (χ4n) is 10.4. The van der Waals surface area contributed by atoms with Gasteiger partial charge in [-0.1, -0.05) is 25.0 Å². The van der Waals surface area contributed by atoms with E-state index in [1.807, 2.05) is 12.1 Å². The minimum atomic E-state index is -0.818. The van der Waals surface area contributed by atoms with E-state index in [9.17, 15) is 28.7 Å². The van der Waals surface area contributed by atoms with Crippen LogP contribution in [-0.4, -0.2) is 97.5 Å². The normalized spacial score (nSPS) is 24.0. The number of rotatable bonds is 8. The number of hydrogen-bond donors (Lipinski definition) is 2. The fraction of sp³-hybridized carbons (Fsp3) is 0.488. The topological polar surface area (TPSA) is 126 Å². The van der Waals surface area contributed by atoms with Gasteiger partial charge in [0.1, 0.15) is 17.6 Å². The summed E-state index contributed by atoms with van der Waals surface area (Å²) in [5.41, 5.74) is 2.83. The fourth-order valence-corrected chi connectivity index (χ4v) is 10.4. The smallest absolute Gasteiger partial charge is 0.255 e. The number of amides is 4. The summed E-state index contributed by atoms with van der Waals surface area (Å²) in [4.78, 5) is 61.0. The Morgan fingerprint density at radius 3 is 2.33 bits per heavy atom. The highest BCUT2D eigenvalue weighted by Gasteiger charge is 2.63. The number of piperazine rings is 1. The molecule has 2 atom stereocenters. The number of methoxy groups -OCH3 is 1. The van der Waals surface area contributed by atoms with E-state index in [1.165, 1.54) is 23.1 Å². The third-order valence-corrected chi connectivity index (χ3v) is 13.5. The van der Waals surface area contributed by atoms with E-state index in [0.29, 0.717) is 67.4 Å². The van der Waals surface area contributed by atoms with Gasteiger partial charge in [-0.05, 0) is 73.9 Å². The van der Waals surface area contributed by atoms with E-state index >= 15 is 4.39 Å². The van der Waals surface area contributed by atoms with Crippen LogP contribution in [0.2, 0.25) is 0 Å². The Bertz CT molecular complexity index is 2130. The second-order valence-electron chi connectivity index (χ2n) is 16.6. The number of β-lactam (4-membered cyclic amide) rings is 1. The molecular formula is C43H48F2N6O6. The number of carbonyl (C=O) groups excluding carboxylic acids is 4. The van der Waals surface area contributed by atoms with Crippen LogP contribution in [0.3, 0.4) is 0 Å². The summed E-state index contributed by atoms with van der Waals surface area (Å²) in [6.07, 6.45) is 5.40. The number of piperidine rings is 2. The largest absolute Gasteiger partial charge is 0.503 e. The molecule has 0 unspecified atom stereocenters. The minimum Gasteiger partial charge on any atom is -0.503 e. The number of hydrogen-bond acceptors (Lipinski definition) is 9. The molecule has 3 aromatic carbocycles. The van der Waals surface area contributed by atoms with E-state index in [2.05, 4.69) is 26.1 Å². The number of benzene rings is 3. The summed E-state index contributed by atoms with van der Waals surface area (Å²) in [5.74, 6) is -1.93. The van der Waals surface area contributed by atoms with Gasteiger partial charge in [0.15, 0.2) is 11.6 Å². The molecule has 6 aliphatic rings. The molecule has 5 heterocycles. The molecule has 0 aromatic heterocycles. The number of fused-ring (bicyclic) bond motifs is 1. The zero-order valence-electron chi connectivity index (χ0n) is 32.1. The van der Waals surface area contributed by atoms with Gasteiger partial charge < -0.3 is 24.5 Å². The average molecular weight is 783 g/mol. The lowest BCUT2D eigenvalue weighted by Crippen LogP contribution is -2.62. The second-order valence-corrected chi connectivity index (χ2v) is 16.6. The van der Waals surface area contributed by atoms with Crippen LogP contribution in [0.25, 0.3) is 0 Å². The number of carbonyl (C=O) groups is 4. The number of phenolic OH excluding ortho intramolecular Hbond substituents is 1. The van der Waals surface area contributed by atoms with E-state index in [-0.39, 0.29) is 29.8 Å². The molecular weight excluding hydrogens is 735 g/mol. The molecule has 4 saturated heterocycles. The first kappa shape index (κ1) is 37.3. The Morgan fingerprint density at radius 2 is 1.61 bits per heavy atom. The zero-order chi connectivity index (χ0) is 39.6. The van der Waals surface area contributed by atoms with Crippen molar-refractivity contribution in [1.82, 2.24) is 15.1 Å². The van der Waals surface area contributed by atoms with Crippen LogP contribution in [-0.2, 0) is 20.9 Å². The van der Waals surface area contributed by atoms with E-state index in [4.69, 9.17) is 4.74 Å². The molecule has 12 nitrogen and oxygen atoms in total. The number of anilines is 3. The molecule has 1 spiro atoms. The average Bonchev–Trinajstić information content (AvgIpc) is 3.85. The van der Waals surface area contributed by atoms with Gasteiger partial charge in [0, 0.05) is 81.7 Å². The van der Waals surface area contributed by atoms with Gasteiger partial charge in [-0.25, -0.2) is 8.78 Å². The summed E-state index contributed by atoms with van der Waals surface area (Å²) in [5, 5.41) is 13.0. The first-order valence-electron chi connectivity index (χ1n) is 20.2. The van der Waals surface area contributed by atoms with Crippen molar-refractivity contribution in [2.24, 2.45) is 11.3 Å². The van der Waals surface area contributed by atoms with Crippen LogP contribution in [0.5, 0.6) is 11.5 Å². The molecule has 300 valence electrons. The van der Waals surface area contributed by atoms with E-state index in [0.717, 1.165) is 75.7 Å². The van der Waals surface area contributed by atoms with E-state index in [1.54, 1.807) is 18.1 Å². The Labute approximate surface area is 330 Å². The molecule has 5 aliphatic heterocycles. The summed E-state index contributed by atoms with van der Waals surface area (Å²) < 4.78 is 36.5. The van der Waals surface area contributed by atoms with Gasteiger partial charge in [-0.2, -0.15) is 0 Å². The molecule has 5 fully saturated rings. The van der Waals surface area contributed by atoms with Gasteiger partial charge in [0.05, 0.1) is 29.9 Å². The lowest BCUT2D eigenvalue weighted by atomic mass is 9.66. The Balaban J connectivity index is 0.817. The van der Waals surface area contributed by atoms with Gasteiger partial charge >= 0.3 is 0 Å². The van der Waals surface area contributed by atoms with E-state index < -0.39 is 40.8 Å². The highest BCUT2D eigenvalue weighted by Crippen LogP contribution is 2.62. The first-order chi connectivity index (χ1) is 27.6. The number of nitrogens with zero attached hydrogens (tertiary/aromatic N) is 5. The molecule has 0 radical (unpaired) electrons. The number of para-hydroxylation sites is 1. The Hall–Kier alpha value is -5.24. The third-order valence-electron chi connectivity index (χ3n) is 13.5. The Kier molecular flexibility index (Phi) is 9.57. The van der Waals surface area contributed by atoms with Gasteiger partial charge in [-0.3, -0.25) is 34.3 Å². The maximum absolute atomic E-state index is 16.2. The van der Waals surface area contributed by atoms with Crippen molar-refractivity contribution < 1.29 is 37.8 Å². The van der Waals surface area contributed by atoms with Crippen LogP contribution in [0.15, 0.2) is 48.5 Å². The number of imide groups is 1. The quantitative estimate of drug-likeness (QED) is 0.237. The molecule has 4 amide bonds. The second kappa shape index (κ2) is 14.6. The zero-order valence-corrected chi connectivity index (χ0v) is 32.1. The SMILES string of the molecule is COc1cc(N2CCC(CN3CCN(c4ccc5c(c4)C(=O)N([C@H]4CCC(=O)NC4=O)C5)CC3)CC2)c(F)cc1[C@@H]1N(c2cccc(F)c2O)C(=O)C12CCCC2. The maximum atomic E-state index is 16.2. The van der Waals surface area contributed by atoms with Crippen molar-refractivity contribution in [3.63, 3.8) is 0 Å². The van der Waals surface area contributed by atoms with Gasteiger partial charge in [0.2, 0.25) is 17.7 Å². The maximum Gasteiger partial charge on any atom is 0.255 e. The van der Waals surface area contributed by atoms with Crippen molar-refractivity contribution in [3.8, 4) is 11.5 Å². The number of phenols is 1. The molecule has 3 aromatic rings. The van der Waals surface area contributed by atoms with Crippen molar-refractivity contribution >= 4 is 40.7 Å². The highest BCUT2D eigenvalue weighted by atomic mass is 19.1. The summed E-state index contributed by atoms with van der Waals surface area (Å²) in [7, 11) is 1.54. The van der Waals surface area contributed by atoms with Crippen molar-refractivity contribution in [1.29, 1.82) is 0 Å². The molecule has 1 aliphatic carbocycles. The number of aromatic hydroxyl groups is 1. The van der Waals surface area contributed by atoms with Crippen LogP contribution in [0.1, 0.15) is 78.9 Å². The number of halogens is 2. The lowest BCUT2D eigenvalue weighted by molar-refractivity contribution is -0.140. The van der Waals surface area contributed by atoms with Gasteiger partial charge in [0.25, 0.3) is 5.91 Å². The van der Waals surface area contributed by atoms with Crippen LogP contribution in [0, 0.1) is 23.0 Å². The van der Waals surface area contributed by atoms with Crippen molar-refractivity contribution in [2.45, 2.75) is 70.0 Å². The molecule has 2 N–H and O–H groups in total. The summed E-state index contributed by atoms with van der Waals surface area (Å²) >= 11 is 0. The minimum absolute atomic E-state index is 0.0809. The third kappa shape index (κ3) is 6.36. The monoisotopic (exact) mass is 782 g/mol. The predicted octanol–water partition coefficient (Wildman–Crippen LogP) is 5.13. The van der Waals surface area contributed by atoms with Crippen molar-refractivity contribution in [2.75, 3.05) is 67.6 Å². The molecule has 57 heavy (non-hydrogen) atoms. The Morgan fingerprint density at radius 1 is 0.860 bits per heavy atom. The number of nitrogens with one attached hydrogen (secondary N) is 1. The standard InChI is InChI=1S/C43H48F2N6O6/c1-57-36-23-35(32(45)22-30(36)39-43(13-2-3-14-43)42(56)51(39)33-6-4-5-31(44)38(33)53)49-15-11-26(12-16-49)24-47-17-19-48(20-18-47)28-8-7-27-25-50(41(55)29(27)21-28)34-9-10-37(52)46-40(34)54/h4-8,21-23,26,34,39,53H,2-3,9-20,24-25H2,1H3,(H,46,52,54)/t34-,39-/m0/s1. The number of ether oxygens (including phenoxy) is 1. The molecule has 0 bridgehead atoms. The van der Waals surface area contributed by atoms with Gasteiger partial charge in [-0.15, -0.1) is 0 Å². The highest BCUT2D eigenvalue weighted by molar-refractivity contribution is 6.08. The molecule has 9 rings (SSSR count). The van der Waals surface area contributed by atoms with Crippen LogP contribution < -0.4 is 24.8 Å².